The van der Waals surface area contributed by atoms with Crippen LogP contribution in [0.2, 0.25) is 0 Å². The standard InChI is InChI=1S/C15H12N2O3/c18-15(19)13-7-6-11(20-13)9-17-12-5-1-3-10-4-2-8-16-14(10)12/h1-8,17H,9H2,(H,18,19). The molecular formula is C15H12N2O3. The van der Waals surface area contributed by atoms with E-state index in [9.17, 15) is 4.79 Å². The van der Waals surface area contributed by atoms with Crippen LogP contribution < -0.4 is 5.32 Å². The first-order chi connectivity index (χ1) is 9.74. The number of nitrogens with one attached hydrogen (secondary N) is 1. The summed E-state index contributed by atoms with van der Waals surface area (Å²) in [6.07, 6.45) is 1.74. The smallest absolute Gasteiger partial charge is 0.371 e. The van der Waals surface area contributed by atoms with Crippen LogP contribution in [0, 0.1) is 0 Å². The van der Waals surface area contributed by atoms with Crippen LogP contribution in [0.25, 0.3) is 10.9 Å². The Morgan fingerprint density at radius 3 is 2.85 bits per heavy atom. The third-order valence-corrected chi connectivity index (χ3v) is 2.96. The minimum Gasteiger partial charge on any atom is -0.475 e. The van der Waals surface area contributed by atoms with E-state index >= 15 is 0 Å². The van der Waals surface area contributed by atoms with Crippen LogP contribution >= 0.6 is 0 Å². The van der Waals surface area contributed by atoms with Gasteiger partial charge in [0.1, 0.15) is 5.76 Å². The molecule has 5 nitrogen and oxygen atoms in total. The van der Waals surface area contributed by atoms with Crippen LogP contribution in [0.15, 0.2) is 53.1 Å². The van der Waals surface area contributed by atoms with Crippen LogP contribution in [0.5, 0.6) is 0 Å². The van der Waals surface area contributed by atoms with Crippen molar-refractivity contribution in [2.45, 2.75) is 6.54 Å². The fourth-order valence-electron chi connectivity index (χ4n) is 2.02. The monoisotopic (exact) mass is 268 g/mol. The predicted molar refractivity (Wildman–Crippen MR) is 74.7 cm³/mol. The van der Waals surface area contributed by atoms with Gasteiger partial charge in [-0.25, -0.2) is 4.79 Å². The van der Waals surface area contributed by atoms with E-state index in [4.69, 9.17) is 9.52 Å². The fourth-order valence-corrected chi connectivity index (χ4v) is 2.02. The van der Waals surface area contributed by atoms with Crippen molar-refractivity contribution in [1.82, 2.24) is 4.98 Å². The molecule has 1 aromatic carbocycles. The highest BCUT2D eigenvalue weighted by molar-refractivity contribution is 5.90. The Kier molecular flexibility index (Phi) is 3.09. The SMILES string of the molecule is O=C(O)c1ccc(CNc2cccc3cccnc23)o1. The highest BCUT2D eigenvalue weighted by Crippen LogP contribution is 2.21. The number of aromatic nitrogens is 1. The predicted octanol–water partition coefficient (Wildman–Crippen LogP) is 3.14. The van der Waals surface area contributed by atoms with Gasteiger partial charge in [0, 0.05) is 11.6 Å². The number of carboxylic acids is 1. The topological polar surface area (TPSA) is 75.4 Å². The number of pyridine rings is 1. The Morgan fingerprint density at radius 2 is 2.05 bits per heavy atom. The second-order valence-electron chi connectivity index (χ2n) is 4.31. The maximum Gasteiger partial charge on any atom is 0.371 e. The molecule has 0 saturated heterocycles. The van der Waals surface area contributed by atoms with Gasteiger partial charge < -0.3 is 14.8 Å². The molecule has 20 heavy (non-hydrogen) atoms. The highest BCUT2D eigenvalue weighted by atomic mass is 16.4. The number of hydrogen-bond donors (Lipinski definition) is 2. The number of anilines is 1. The lowest BCUT2D eigenvalue weighted by Gasteiger charge is -2.07. The number of furan rings is 1. The summed E-state index contributed by atoms with van der Waals surface area (Å²) in [6, 6.07) is 12.8. The van der Waals surface area contributed by atoms with Gasteiger partial charge in [0.2, 0.25) is 5.76 Å². The molecule has 0 amide bonds. The van der Waals surface area contributed by atoms with Crippen molar-refractivity contribution in [2.24, 2.45) is 0 Å². The molecule has 0 aliphatic rings. The first kappa shape index (κ1) is 12.2. The van der Waals surface area contributed by atoms with E-state index in [1.54, 1.807) is 12.3 Å². The number of hydrogen-bond acceptors (Lipinski definition) is 4. The number of carboxylic acid groups (broad SMARTS) is 1. The molecule has 0 atom stereocenters. The number of rotatable bonds is 4. The molecule has 2 aromatic heterocycles. The lowest BCUT2D eigenvalue weighted by Crippen LogP contribution is -1.99. The van der Waals surface area contributed by atoms with Crippen LogP contribution in [-0.4, -0.2) is 16.1 Å². The highest BCUT2D eigenvalue weighted by Gasteiger charge is 2.09. The van der Waals surface area contributed by atoms with Crippen molar-refractivity contribution < 1.29 is 14.3 Å². The third kappa shape index (κ3) is 2.33. The summed E-state index contributed by atoms with van der Waals surface area (Å²) in [5.41, 5.74) is 1.76. The largest absolute Gasteiger partial charge is 0.475 e. The normalized spacial score (nSPS) is 10.6. The van der Waals surface area contributed by atoms with E-state index in [0.717, 1.165) is 16.6 Å². The average Bonchev–Trinajstić information content (AvgIpc) is 2.94. The number of para-hydroxylation sites is 1. The molecular weight excluding hydrogens is 256 g/mol. The van der Waals surface area contributed by atoms with Gasteiger partial charge in [0.15, 0.2) is 0 Å². The Morgan fingerprint density at radius 1 is 1.20 bits per heavy atom. The van der Waals surface area contributed by atoms with Crippen molar-refractivity contribution >= 4 is 22.6 Å². The van der Waals surface area contributed by atoms with E-state index in [1.165, 1.54) is 6.07 Å². The summed E-state index contributed by atoms with van der Waals surface area (Å²) < 4.78 is 5.20. The van der Waals surface area contributed by atoms with Crippen LogP contribution in [0.1, 0.15) is 16.3 Å². The molecule has 3 aromatic rings. The van der Waals surface area contributed by atoms with Crippen molar-refractivity contribution in [3.63, 3.8) is 0 Å². The molecule has 100 valence electrons. The number of nitrogens with zero attached hydrogens (tertiary/aromatic N) is 1. The molecule has 0 fully saturated rings. The molecule has 5 heteroatoms. The van der Waals surface area contributed by atoms with Gasteiger partial charge in [-0.1, -0.05) is 18.2 Å². The number of fused-ring (bicyclic) bond motifs is 1. The quantitative estimate of drug-likeness (QED) is 0.760. The minimum atomic E-state index is -1.07. The van der Waals surface area contributed by atoms with Gasteiger partial charge in [0.25, 0.3) is 0 Å². The molecule has 0 spiro atoms. The molecule has 0 bridgehead atoms. The van der Waals surface area contributed by atoms with Crippen molar-refractivity contribution in [3.8, 4) is 0 Å². The van der Waals surface area contributed by atoms with Crippen molar-refractivity contribution in [2.75, 3.05) is 5.32 Å². The summed E-state index contributed by atoms with van der Waals surface area (Å²) in [5, 5.41) is 13.1. The molecule has 2 heterocycles. The molecule has 0 aliphatic carbocycles. The zero-order chi connectivity index (χ0) is 13.9. The van der Waals surface area contributed by atoms with E-state index in [-0.39, 0.29) is 5.76 Å². The maximum atomic E-state index is 10.7. The van der Waals surface area contributed by atoms with Crippen LogP contribution in [-0.2, 0) is 6.54 Å². The summed E-state index contributed by atoms with van der Waals surface area (Å²) in [7, 11) is 0. The summed E-state index contributed by atoms with van der Waals surface area (Å²) in [6.45, 7) is 0.406. The first-order valence-electron chi connectivity index (χ1n) is 6.13. The van der Waals surface area contributed by atoms with Gasteiger partial charge in [-0.05, 0) is 24.3 Å². The lowest BCUT2D eigenvalue weighted by molar-refractivity contribution is 0.0660. The molecule has 0 aliphatic heterocycles. The van der Waals surface area contributed by atoms with Gasteiger partial charge in [-0.2, -0.15) is 0 Å². The summed E-state index contributed by atoms with van der Waals surface area (Å²) >= 11 is 0. The molecule has 2 N–H and O–H groups in total. The lowest BCUT2D eigenvalue weighted by atomic mass is 10.2. The summed E-state index contributed by atoms with van der Waals surface area (Å²) in [5.74, 6) is -0.559. The van der Waals surface area contributed by atoms with E-state index in [2.05, 4.69) is 10.3 Å². The Labute approximate surface area is 114 Å². The van der Waals surface area contributed by atoms with Crippen LogP contribution in [0.4, 0.5) is 5.69 Å². The molecule has 0 unspecified atom stereocenters. The van der Waals surface area contributed by atoms with E-state index in [1.807, 2.05) is 30.3 Å². The number of aromatic carboxylic acids is 1. The fraction of sp³-hybridized carbons (Fsp3) is 0.0667. The number of benzene rings is 1. The zero-order valence-corrected chi connectivity index (χ0v) is 10.5. The first-order valence-corrected chi connectivity index (χ1v) is 6.13. The summed E-state index contributed by atoms with van der Waals surface area (Å²) in [4.78, 5) is 15.1. The molecule has 3 rings (SSSR count). The van der Waals surface area contributed by atoms with Gasteiger partial charge in [0.05, 0.1) is 17.7 Å². The molecule has 0 radical (unpaired) electrons. The average molecular weight is 268 g/mol. The van der Waals surface area contributed by atoms with Crippen LogP contribution in [0.3, 0.4) is 0 Å². The second kappa shape index (κ2) is 5.05. The van der Waals surface area contributed by atoms with Crippen molar-refractivity contribution in [3.05, 3.63) is 60.2 Å². The Bertz CT molecular complexity index is 759. The van der Waals surface area contributed by atoms with E-state index < -0.39 is 5.97 Å². The van der Waals surface area contributed by atoms with E-state index in [0.29, 0.717) is 12.3 Å². The Hall–Kier alpha value is -2.82. The van der Waals surface area contributed by atoms with Gasteiger partial charge in [-0.15, -0.1) is 0 Å². The third-order valence-electron chi connectivity index (χ3n) is 2.96. The van der Waals surface area contributed by atoms with Gasteiger partial charge >= 0.3 is 5.97 Å². The van der Waals surface area contributed by atoms with Gasteiger partial charge in [-0.3, -0.25) is 4.98 Å². The minimum absolute atomic E-state index is 0.0576. The number of carbonyl (C=O) groups is 1. The molecule has 0 saturated carbocycles. The maximum absolute atomic E-state index is 10.7. The Balaban J connectivity index is 1.81. The second-order valence-corrected chi connectivity index (χ2v) is 4.31. The van der Waals surface area contributed by atoms with Crippen molar-refractivity contribution in [1.29, 1.82) is 0 Å². The zero-order valence-electron chi connectivity index (χ0n) is 10.5.